The van der Waals surface area contributed by atoms with Crippen LogP contribution < -0.4 is 0 Å². The SMILES string of the molecule is c1ccc2sc(-c3ccc(-c4cc(-c5ccc(-c6nc7ccccc7s6)cc5)cc(-c5cccc6c5oc5ccccc56)c4)cc3)nc2c1. The lowest BCUT2D eigenvalue weighted by Gasteiger charge is -2.12. The largest absolute Gasteiger partial charge is 0.455 e. The van der Waals surface area contributed by atoms with E-state index >= 15 is 0 Å². The highest BCUT2D eigenvalue weighted by atomic mass is 32.1. The summed E-state index contributed by atoms with van der Waals surface area (Å²) in [5.74, 6) is 0. The molecule has 230 valence electrons. The molecule has 0 unspecified atom stereocenters. The molecule has 0 amide bonds. The number of fused-ring (bicyclic) bond motifs is 5. The number of thiazole rings is 2. The van der Waals surface area contributed by atoms with Crippen LogP contribution in [0.1, 0.15) is 0 Å². The summed E-state index contributed by atoms with van der Waals surface area (Å²) in [6.45, 7) is 0. The molecule has 0 saturated heterocycles. The Labute approximate surface area is 290 Å². The second-order valence-corrected chi connectivity index (χ2v) is 14.3. The first-order chi connectivity index (χ1) is 24.2. The van der Waals surface area contributed by atoms with Crippen LogP contribution in [0.15, 0.2) is 162 Å². The monoisotopic (exact) mass is 662 g/mol. The molecule has 0 saturated carbocycles. The van der Waals surface area contributed by atoms with E-state index in [2.05, 4.69) is 133 Å². The van der Waals surface area contributed by atoms with Crippen molar-refractivity contribution in [2.24, 2.45) is 0 Å². The van der Waals surface area contributed by atoms with E-state index in [1.54, 1.807) is 22.7 Å². The van der Waals surface area contributed by atoms with Crippen molar-refractivity contribution in [3.8, 4) is 54.5 Å². The zero-order valence-electron chi connectivity index (χ0n) is 26.1. The van der Waals surface area contributed by atoms with Crippen molar-refractivity contribution in [2.45, 2.75) is 0 Å². The average molecular weight is 663 g/mol. The Morgan fingerprint density at radius 2 is 0.878 bits per heavy atom. The molecule has 0 bridgehead atoms. The smallest absolute Gasteiger partial charge is 0.143 e. The van der Waals surface area contributed by atoms with Gasteiger partial charge in [-0.1, -0.05) is 109 Å². The lowest BCUT2D eigenvalue weighted by atomic mass is 9.92. The van der Waals surface area contributed by atoms with E-state index in [-0.39, 0.29) is 0 Å². The highest BCUT2D eigenvalue weighted by molar-refractivity contribution is 7.22. The number of para-hydroxylation sites is 4. The van der Waals surface area contributed by atoms with Crippen LogP contribution in [0, 0.1) is 0 Å². The summed E-state index contributed by atoms with van der Waals surface area (Å²) in [7, 11) is 0. The summed E-state index contributed by atoms with van der Waals surface area (Å²) in [5.41, 5.74) is 12.9. The standard InChI is InChI=1S/C44H26N2OS2/c1-4-13-39-35(8-1)36-10-7-9-34(42(36)47-39)33-25-31(27-16-20-29(21-17-27)43-45-37-11-2-5-14-40(37)48-43)24-32(26-33)28-18-22-30(23-19-28)44-46-38-12-3-6-15-41(38)49-44/h1-26H. The molecular weight excluding hydrogens is 637 g/mol. The molecule has 0 radical (unpaired) electrons. The van der Waals surface area contributed by atoms with Crippen molar-refractivity contribution in [3.63, 3.8) is 0 Å². The molecule has 10 rings (SSSR count). The number of furan rings is 1. The van der Waals surface area contributed by atoms with Gasteiger partial charge in [0.25, 0.3) is 0 Å². The molecule has 3 heterocycles. The van der Waals surface area contributed by atoms with Crippen LogP contribution in [-0.4, -0.2) is 9.97 Å². The highest BCUT2D eigenvalue weighted by Gasteiger charge is 2.15. The van der Waals surface area contributed by atoms with Crippen LogP contribution in [0.3, 0.4) is 0 Å². The first-order valence-corrected chi connectivity index (χ1v) is 17.9. The lowest BCUT2D eigenvalue weighted by Crippen LogP contribution is -1.87. The molecule has 0 aliphatic carbocycles. The minimum atomic E-state index is 0.900. The molecule has 10 aromatic rings. The van der Waals surface area contributed by atoms with E-state index in [1.807, 2.05) is 24.3 Å². The van der Waals surface area contributed by atoms with E-state index in [0.717, 1.165) is 87.5 Å². The van der Waals surface area contributed by atoms with Crippen LogP contribution in [0.5, 0.6) is 0 Å². The zero-order valence-corrected chi connectivity index (χ0v) is 27.8. The number of hydrogen-bond donors (Lipinski definition) is 0. The van der Waals surface area contributed by atoms with Crippen molar-refractivity contribution in [3.05, 3.63) is 158 Å². The van der Waals surface area contributed by atoms with Gasteiger partial charge in [0.2, 0.25) is 0 Å². The van der Waals surface area contributed by atoms with E-state index in [9.17, 15) is 0 Å². The van der Waals surface area contributed by atoms with Crippen LogP contribution in [-0.2, 0) is 0 Å². The Balaban J connectivity index is 1.09. The van der Waals surface area contributed by atoms with Crippen molar-refractivity contribution < 1.29 is 4.42 Å². The van der Waals surface area contributed by atoms with Crippen molar-refractivity contribution in [2.75, 3.05) is 0 Å². The molecule has 0 fully saturated rings. The van der Waals surface area contributed by atoms with Crippen LogP contribution >= 0.6 is 22.7 Å². The number of nitrogens with zero attached hydrogens (tertiary/aromatic N) is 2. The summed E-state index contributed by atoms with van der Waals surface area (Å²) < 4.78 is 8.90. The molecule has 0 aliphatic rings. The fourth-order valence-corrected chi connectivity index (χ4v) is 8.63. The maximum Gasteiger partial charge on any atom is 0.143 e. The van der Waals surface area contributed by atoms with Gasteiger partial charge in [-0.05, 0) is 76.3 Å². The second-order valence-electron chi connectivity index (χ2n) is 12.2. The third-order valence-corrected chi connectivity index (χ3v) is 11.3. The van der Waals surface area contributed by atoms with Gasteiger partial charge in [-0.25, -0.2) is 9.97 Å². The predicted octanol–water partition coefficient (Wildman–Crippen LogP) is 13.1. The van der Waals surface area contributed by atoms with Gasteiger partial charge in [0.05, 0.1) is 20.4 Å². The summed E-state index contributed by atoms with van der Waals surface area (Å²) in [6, 6.07) is 55.8. The van der Waals surface area contributed by atoms with Gasteiger partial charge in [0, 0.05) is 27.5 Å². The van der Waals surface area contributed by atoms with Gasteiger partial charge >= 0.3 is 0 Å². The molecule has 0 aliphatic heterocycles. The highest BCUT2D eigenvalue weighted by Crippen LogP contribution is 2.40. The fourth-order valence-electron chi connectivity index (χ4n) is 6.69. The van der Waals surface area contributed by atoms with Gasteiger partial charge in [0.15, 0.2) is 0 Å². The summed E-state index contributed by atoms with van der Waals surface area (Å²) in [6.07, 6.45) is 0. The Hall–Kier alpha value is -5.88. The Bertz CT molecular complexity index is 2620. The summed E-state index contributed by atoms with van der Waals surface area (Å²) >= 11 is 3.46. The third kappa shape index (κ3) is 4.94. The van der Waals surface area contributed by atoms with Crippen LogP contribution in [0.25, 0.3) is 96.9 Å². The number of aromatic nitrogens is 2. The fraction of sp³-hybridized carbons (Fsp3) is 0. The maximum atomic E-state index is 6.50. The normalized spacial score (nSPS) is 11.7. The third-order valence-electron chi connectivity index (χ3n) is 9.17. The maximum absolute atomic E-state index is 6.50. The van der Waals surface area contributed by atoms with Crippen molar-refractivity contribution in [1.29, 1.82) is 0 Å². The lowest BCUT2D eigenvalue weighted by molar-refractivity contribution is 0.670. The molecule has 7 aromatic carbocycles. The molecule has 0 N–H and O–H groups in total. The minimum absolute atomic E-state index is 0.900. The first-order valence-electron chi connectivity index (χ1n) is 16.2. The Morgan fingerprint density at radius 1 is 0.388 bits per heavy atom. The quantitative estimate of drug-likeness (QED) is 0.184. The molecule has 3 aromatic heterocycles. The predicted molar refractivity (Wildman–Crippen MR) is 207 cm³/mol. The summed E-state index contributed by atoms with van der Waals surface area (Å²) in [5, 5.41) is 4.32. The van der Waals surface area contributed by atoms with Crippen LogP contribution in [0.4, 0.5) is 0 Å². The molecule has 5 heteroatoms. The Kier molecular flexibility index (Phi) is 6.54. The van der Waals surface area contributed by atoms with E-state index < -0.39 is 0 Å². The number of hydrogen-bond acceptors (Lipinski definition) is 5. The number of benzene rings is 7. The number of rotatable bonds is 5. The van der Waals surface area contributed by atoms with Crippen molar-refractivity contribution >= 4 is 65.0 Å². The molecular formula is C44H26N2OS2. The van der Waals surface area contributed by atoms with Gasteiger partial charge in [-0.15, -0.1) is 22.7 Å². The Morgan fingerprint density at radius 3 is 1.47 bits per heavy atom. The first kappa shape index (κ1) is 28.2. The van der Waals surface area contributed by atoms with Crippen molar-refractivity contribution in [1.82, 2.24) is 9.97 Å². The summed E-state index contributed by atoms with van der Waals surface area (Å²) in [4.78, 5) is 9.77. The molecule has 0 spiro atoms. The minimum Gasteiger partial charge on any atom is -0.455 e. The second kappa shape index (κ2) is 11.4. The molecule has 0 atom stereocenters. The van der Waals surface area contributed by atoms with Crippen LogP contribution in [0.2, 0.25) is 0 Å². The van der Waals surface area contributed by atoms with Gasteiger partial charge in [0.1, 0.15) is 21.2 Å². The van der Waals surface area contributed by atoms with E-state index in [1.165, 1.54) is 9.40 Å². The van der Waals surface area contributed by atoms with E-state index in [4.69, 9.17) is 14.4 Å². The van der Waals surface area contributed by atoms with Gasteiger partial charge in [-0.2, -0.15) is 0 Å². The van der Waals surface area contributed by atoms with E-state index in [0.29, 0.717) is 0 Å². The topological polar surface area (TPSA) is 38.9 Å². The van der Waals surface area contributed by atoms with Gasteiger partial charge in [-0.3, -0.25) is 0 Å². The van der Waals surface area contributed by atoms with Gasteiger partial charge < -0.3 is 4.42 Å². The zero-order chi connectivity index (χ0) is 32.3. The molecule has 3 nitrogen and oxygen atoms in total. The molecule has 49 heavy (non-hydrogen) atoms. The average Bonchev–Trinajstić information content (AvgIpc) is 3.90.